The fourth-order valence-corrected chi connectivity index (χ4v) is 4.53. The zero-order valence-corrected chi connectivity index (χ0v) is 16.0. The second-order valence-electron chi connectivity index (χ2n) is 6.79. The van der Waals surface area contributed by atoms with E-state index in [1.54, 1.807) is 35.9 Å². The van der Waals surface area contributed by atoms with Gasteiger partial charge in [0.2, 0.25) is 5.91 Å². The molecule has 1 atom stereocenters. The summed E-state index contributed by atoms with van der Waals surface area (Å²) in [6, 6.07) is 3.86. The van der Waals surface area contributed by atoms with Crippen LogP contribution in [-0.4, -0.2) is 61.8 Å². The van der Waals surface area contributed by atoms with E-state index in [9.17, 15) is 9.59 Å². The highest BCUT2D eigenvalue weighted by Gasteiger charge is 2.31. The number of likely N-dealkylation sites (tertiary alicyclic amines) is 1. The summed E-state index contributed by atoms with van der Waals surface area (Å²) in [5.41, 5.74) is 0.804. The zero-order chi connectivity index (χ0) is 19.0. The average Bonchev–Trinajstić information content (AvgIpc) is 3.39. The van der Waals surface area contributed by atoms with Gasteiger partial charge in [0.1, 0.15) is 6.33 Å². The Morgan fingerprint density at radius 3 is 2.96 bits per heavy atom. The molecule has 2 amide bonds. The largest absolute Gasteiger partial charge is 0.344 e. The molecule has 0 saturated carbocycles. The first kappa shape index (κ1) is 17.6. The molecule has 8 nitrogen and oxygen atoms in total. The van der Waals surface area contributed by atoms with Gasteiger partial charge < -0.3 is 9.80 Å². The van der Waals surface area contributed by atoms with Gasteiger partial charge >= 0.3 is 0 Å². The molecule has 0 bridgehead atoms. The number of aromatic nitrogens is 4. The first-order valence-electron chi connectivity index (χ1n) is 8.78. The van der Waals surface area contributed by atoms with Crippen molar-refractivity contribution in [3.8, 4) is 0 Å². The fraction of sp³-hybridized carbons (Fsp3) is 0.389. The second-order valence-corrected chi connectivity index (χ2v) is 7.91. The van der Waals surface area contributed by atoms with E-state index in [1.165, 1.54) is 17.7 Å². The Balaban J connectivity index is 1.50. The topological polar surface area (TPSA) is 83.7 Å². The predicted molar refractivity (Wildman–Crippen MR) is 101 cm³/mol. The molecule has 0 spiro atoms. The maximum absolute atomic E-state index is 12.9. The number of rotatable bonds is 4. The van der Waals surface area contributed by atoms with E-state index in [1.807, 2.05) is 17.0 Å². The lowest BCUT2D eigenvalue weighted by atomic mass is 10.1. The second kappa shape index (κ2) is 7.07. The Hall–Kier alpha value is -2.81. The molecule has 0 aliphatic carbocycles. The predicted octanol–water partition coefficient (Wildman–Crippen LogP) is 1.79. The summed E-state index contributed by atoms with van der Waals surface area (Å²) in [5, 5.41) is 4.06. The lowest BCUT2D eigenvalue weighted by molar-refractivity contribution is -0.131. The highest BCUT2D eigenvalue weighted by molar-refractivity contribution is 7.14. The van der Waals surface area contributed by atoms with Crippen molar-refractivity contribution in [3.63, 3.8) is 0 Å². The van der Waals surface area contributed by atoms with Crippen LogP contribution in [0.5, 0.6) is 0 Å². The Kier molecular flexibility index (Phi) is 4.61. The van der Waals surface area contributed by atoms with Crippen LogP contribution < -0.4 is 0 Å². The van der Waals surface area contributed by atoms with Crippen molar-refractivity contribution in [1.82, 2.24) is 29.4 Å². The Labute approximate surface area is 160 Å². The van der Waals surface area contributed by atoms with Gasteiger partial charge in [0, 0.05) is 37.9 Å². The molecular formula is C18H20N6O2S. The minimum Gasteiger partial charge on any atom is -0.344 e. The number of carbonyl (C=O) groups is 2. The number of carbonyl (C=O) groups excluding carboxylic acids is 2. The van der Waals surface area contributed by atoms with E-state index in [-0.39, 0.29) is 24.3 Å². The molecule has 4 rings (SSSR count). The molecule has 0 radical (unpaired) electrons. The maximum atomic E-state index is 12.9. The molecular weight excluding hydrogens is 364 g/mol. The van der Waals surface area contributed by atoms with E-state index in [2.05, 4.69) is 15.1 Å². The third kappa shape index (κ3) is 3.42. The minimum absolute atomic E-state index is 0.00525. The lowest BCUT2D eigenvalue weighted by Crippen LogP contribution is -2.31. The van der Waals surface area contributed by atoms with Crippen molar-refractivity contribution >= 4 is 28.9 Å². The summed E-state index contributed by atoms with van der Waals surface area (Å²) < 4.78 is 1.57. The van der Waals surface area contributed by atoms with E-state index in [4.69, 9.17) is 0 Å². The molecule has 4 heterocycles. The highest BCUT2D eigenvalue weighted by atomic mass is 32.1. The van der Waals surface area contributed by atoms with Gasteiger partial charge in [-0.1, -0.05) is 0 Å². The quantitative estimate of drug-likeness (QED) is 0.685. The van der Waals surface area contributed by atoms with Crippen LogP contribution in [-0.2, 0) is 11.2 Å². The average molecular weight is 384 g/mol. The van der Waals surface area contributed by atoms with Crippen LogP contribution in [0, 0.1) is 0 Å². The van der Waals surface area contributed by atoms with Gasteiger partial charge in [-0.3, -0.25) is 9.59 Å². The Morgan fingerprint density at radius 2 is 2.15 bits per heavy atom. The van der Waals surface area contributed by atoms with E-state index in [0.29, 0.717) is 10.7 Å². The molecule has 27 heavy (non-hydrogen) atoms. The monoisotopic (exact) mass is 384 g/mol. The van der Waals surface area contributed by atoms with Crippen LogP contribution in [0.15, 0.2) is 30.9 Å². The molecule has 3 aromatic rings. The molecule has 0 aromatic carbocycles. The number of hydrogen-bond acceptors (Lipinski definition) is 6. The van der Waals surface area contributed by atoms with E-state index in [0.717, 1.165) is 29.8 Å². The van der Waals surface area contributed by atoms with Crippen LogP contribution in [0.3, 0.4) is 0 Å². The van der Waals surface area contributed by atoms with Crippen LogP contribution >= 0.6 is 11.3 Å². The van der Waals surface area contributed by atoms with Gasteiger partial charge in [-0.15, -0.1) is 11.3 Å². The molecule has 3 aromatic heterocycles. The molecule has 1 aliphatic rings. The number of fused-ring (bicyclic) bond motifs is 1. The molecule has 1 aliphatic heterocycles. The Bertz CT molecular complexity index is 995. The van der Waals surface area contributed by atoms with Crippen molar-refractivity contribution in [2.24, 2.45) is 0 Å². The first-order chi connectivity index (χ1) is 13.0. The first-order valence-corrected chi connectivity index (χ1v) is 9.59. The number of hydrogen-bond donors (Lipinski definition) is 0. The van der Waals surface area contributed by atoms with Crippen LogP contribution in [0.1, 0.15) is 39.0 Å². The van der Waals surface area contributed by atoms with E-state index < -0.39 is 0 Å². The summed E-state index contributed by atoms with van der Waals surface area (Å²) in [7, 11) is 3.49. The third-order valence-corrected chi connectivity index (χ3v) is 5.86. The molecule has 1 fully saturated rings. The van der Waals surface area contributed by atoms with Crippen molar-refractivity contribution in [1.29, 1.82) is 0 Å². The smallest absolute Gasteiger partial charge is 0.263 e. The minimum atomic E-state index is -0.00525. The lowest BCUT2D eigenvalue weighted by Gasteiger charge is -2.24. The summed E-state index contributed by atoms with van der Waals surface area (Å²) in [5.74, 6) is 0.573. The summed E-state index contributed by atoms with van der Waals surface area (Å²) in [4.78, 5) is 38.5. The van der Waals surface area contributed by atoms with Gasteiger partial charge in [-0.05, 0) is 30.5 Å². The maximum Gasteiger partial charge on any atom is 0.263 e. The Morgan fingerprint density at radius 1 is 1.30 bits per heavy atom. The standard InChI is InChI=1S/C18H20N6O2S/c1-22(2)17(26)15-6-5-14(27-15)13-4-3-7-23(13)16(25)8-12-9-19-18-20-11-21-24(18)10-12/h5-6,9-11,13H,3-4,7-8H2,1-2H3. The van der Waals surface area contributed by atoms with Crippen molar-refractivity contribution in [2.45, 2.75) is 25.3 Å². The third-order valence-electron chi connectivity index (χ3n) is 4.69. The van der Waals surface area contributed by atoms with Gasteiger partial charge in [0.15, 0.2) is 0 Å². The molecule has 1 unspecified atom stereocenters. The fourth-order valence-electron chi connectivity index (χ4n) is 3.35. The summed E-state index contributed by atoms with van der Waals surface area (Å²) >= 11 is 1.48. The number of nitrogens with zero attached hydrogens (tertiary/aromatic N) is 6. The van der Waals surface area contributed by atoms with Crippen LogP contribution in [0.4, 0.5) is 0 Å². The van der Waals surface area contributed by atoms with Crippen molar-refractivity contribution in [2.75, 3.05) is 20.6 Å². The van der Waals surface area contributed by atoms with Gasteiger partial charge in [-0.2, -0.15) is 10.1 Å². The van der Waals surface area contributed by atoms with Crippen LogP contribution in [0.2, 0.25) is 0 Å². The molecule has 0 N–H and O–H groups in total. The van der Waals surface area contributed by atoms with E-state index >= 15 is 0 Å². The van der Waals surface area contributed by atoms with Crippen molar-refractivity contribution < 1.29 is 9.59 Å². The molecule has 1 saturated heterocycles. The van der Waals surface area contributed by atoms with Crippen molar-refractivity contribution in [3.05, 3.63) is 46.2 Å². The number of thiophene rings is 1. The molecule has 9 heteroatoms. The number of amides is 2. The summed E-state index contributed by atoms with van der Waals surface area (Å²) in [6.07, 6.45) is 7.05. The highest BCUT2D eigenvalue weighted by Crippen LogP contribution is 2.36. The molecule has 140 valence electrons. The zero-order valence-electron chi connectivity index (χ0n) is 15.2. The normalized spacial score (nSPS) is 16.8. The summed E-state index contributed by atoms with van der Waals surface area (Å²) in [6.45, 7) is 0.733. The SMILES string of the molecule is CN(C)C(=O)c1ccc(C2CCCN2C(=O)Cc2cnc3ncnn3c2)s1. The van der Waals surface area contributed by atoms with Gasteiger partial charge in [0.05, 0.1) is 17.3 Å². The van der Waals surface area contributed by atoms with Gasteiger partial charge in [-0.25, -0.2) is 9.50 Å². The van der Waals surface area contributed by atoms with Crippen LogP contribution in [0.25, 0.3) is 5.78 Å². The van der Waals surface area contributed by atoms with Gasteiger partial charge in [0.25, 0.3) is 11.7 Å².